The van der Waals surface area contributed by atoms with Gasteiger partial charge in [-0.1, -0.05) is 24.3 Å². The number of benzene rings is 3. The highest BCUT2D eigenvalue weighted by Crippen LogP contribution is 2.42. The average Bonchev–Trinajstić information content (AvgIpc) is 3.26. The fourth-order valence-corrected chi connectivity index (χ4v) is 4.52. The summed E-state index contributed by atoms with van der Waals surface area (Å²) in [6.07, 6.45) is 0. The summed E-state index contributed by atoms with van der Waals surface area (Å²) in [6.45, 7) is 2.10. The van der Waals surface area contributed by atoms with Crippen LogP contribution in [0.4, 0.5) is 11.6 Å². The van der Waals surface area contributed by atoms with E-state index in [-0.39, 0.29) is 12.6 Å². The molecule has 2 heterocycles. The van der Waals surface area contributed by atoms with E-state index in [1.807, 2.05) is 69.6 Å². The Labute approximate surface area is 204 Å². The van der Waals surface area contributed by atoms with E-state index in [9.17, 15) is 4.79 Å². The highest BCUT2D eigenvalue weighted by atomic mass is 16.5. The molecule has 1 N–H and O–H groups in total. The molecule has 4 aromatic rings. The molecule has 0 unspecified atom stereocenters. The molecule has 0 amide bonds. The molecule has 0 fully saturated rings. The lowest BCUT2D eigenvalue weighted by molar-refractivity contribution is -0.138. The van der Waals surface area contributed by atoms with Crippen LogP contribution in [0.3, 0.4) is 0 Å². The van der Waals surface area contributed by atoms with Crippen LogP contribution in [0.25, 0.3) is 16.7 Å². The van der Waals surface area contributed by atoms with Crippen LogP contribution in [0, 0.1) is 0 Å². The van der Waals surface area contributed by atoms with Crippen LogP contribution < -0.4 is 15.0 Å². The Bertz CT molecular complexity index is 1400. The fraction of sp³-hybridized carbons (Fsp3) is 0.214. The number of hydrogen-bond donors (Lipinski definition) is 1. The van der Waals surface area contributed by atoms with E-state index in [1.165, 1.54) is 0 Å². The first-order valence-corrected chi connectivity index (χ1v) is 11.6. The summed E-state index contributed by atoms with van der Waals surface area (Å²) in [6, 6.07) is 23.4. The zero-order chi connectivity index (χ0) is 24.5. The van der Waals surface area contributed by atoms with Crippen LogP contribution in [0.15, 0.2) is 78.4 Å². The van der Waals surface area contributed by atoms with Gasteiger partial charge in [-0.3, -0.25) is 4.57 Å². The van der Waals surface area contributed by atoms with Crippen LogP contribution >= 0.6 is 0 Å². The molecule has 0 saturated heterocycles. The molecule has 35 heavy (non-hydrogen) atoms. The third kappa shape index (κ3) is 3.99. The quantitative estimate of drug-likeness (QED) is 0.397. The van der Waals surface area contributed by atoms with Crippen molar-refractivity contribution in [2.45, 2.75) is 13.0 Å². The second kappa shape index (κ2) is 9.18. The second-order valence-electron chi connectivity index (χ2n) is 8.55. The minimum Gasteiger partial charge on any atom is -0.497 e. The lowest BCUT2D eigenvalue weighted by atomic mass is 9.92. The van der Waals surface area contributed by atoms with Gasteiger partial charge in [0.1, 0.15) is 5.75 Å². The topological polar surface area (TPSA) is 68.6 Å². The van der Waals surface area contributed by atoms with Crippen LogP contribution in [-0.2, 0) is 9.53 Å². The van der Waals surface area contributed by atoms with E-state index in [0.29, 0.717) is 17.2 Å². The molecule has 1 atom stereocenters. The molecule has 0 saturated carbocycles. The largest absolute Gasteiger partial charge is 0.497 e. The second-order valence-corrected chi connectivity index (χ2v) is 8.55. The maximum absolute atomic E-state index is 13.5. The average molecular weight is 469 g/mol. The van der Waals surface area contributed by atoms with E-state index in [2.05, 4.69) is 39.0 Å². The summed E-state index contributed by atoms with van der Waals surface area (Å²) in [7, 11) is 5.65. The van der Waals surface area contributed by atoms with Crippen molar-refractivity contribution < 1.29 is 14.3 Å². The van der Waals surface area contributed by atoms with Crippen LogP contribution in [0.2, 0.25) is 0 Å². The molecule has 7 nitrogen and oxygen atoms in total. The summed E-state index contributed by atoms with van der Waals surface area (Å²) in [5.74, 6) is 1.05. The molecule has 7 heteroatoms. The predicted molar refractivity (Wildman–Crippen MR) is 139 cm³/mol. The Kier molecular flexibility index (Phi) is 5.91. The third-order valence-corrected chi connectivity index (χ3v) is 6.23. The minimum atomic E-state index is -0.425. The number of para-hydroxylation sites is 2. The molecule has 178 valence electrons. The molecular weight excluding hydrogens is 440 g/mol. The first-order valence-electron chi connectivity index (χ1n) is 11.6. The van der Waals surface area contributed by atoms with Gasteiger partial charge in [0.2, 0.25) is 5.95 Å². The molecule has 1 aromatic heterocycles. The number of fused-ring (bicyclic) bond motifs is 3. The molecule has 1 aliphatic heterocycles. The molecule has 3 aromatic carbocycles. The van der Waals surface area contributed by atoms with Crippen LogP contribution in [0.5, 0.6) is 5.75 Å². The number of ether oxygens (including phenoxy) is 2. The van der Waals surface area contributed by atoms with Crippen molar-refractivity contribution in [3.63, 3.8) is 0 Å². The van der Waals surface area contributed by atoms with Crippen molar-refractivity contribution in [2.75, 3.05) is 38.0 Å². The van der Waals surface area contributed by atoms with Crippen molar-refractivity contribution in [2.24, 2.45) is 0 Å². The maximum Gasteiger partial charge on any atom is 0.338 e. The highest BCUT2D eigenvalue weighted by Gasteiger charge is 2.36. The molecule has 0 spiro atoms. The summed E-state index contributed by atoms with van der Waals surface area (Å²) < 4.78 is 13.0. The number of aromatic nitrogens is 2. The number of carbonyl (C=O) groups is 1. The Morgan fingerprint density at radius 2 is 1.74 bits per heavy atom. The summed E-state index contributed by atoms with van der Waals surface area (Å²) in [5, 5.41) is 3.44. The predicted octanol–water partition coefficient (Wildman–Crippen LogP) is 5.10. The lowest BCUT2D eigenvalue weighted by Gasteiger charge is -2.31. The fourth-order valence-electron chi connectivity index (χ4n) is 4.52. The Hall–Kier alpha value is -4.26. The van der Waals surface area contributed by atoms with Gasteiger partial charge in [0.25, 0.3) is 0 Å². The highest BCUT2D eigenvalue weighted by molar-refractivity contribution is 6.03. The van der Waals surface area contributed by atoms with E-state index in [0.717, 1.165) is 33.6 Å². The molecule has 1 aliphatic rings. The summed E-state index contributed by atoms with van der Waals surface area (Å²) in [5.41, 5.74) is 5.89. The normalized spacial score (nSPS) is 14.9. The van der Waals surface area contributed by atoms with Gasteiger partial charge < -0.3 is 19.7 Å². The molecule has 0 aliphatic carbocycles. The zero-order valence-electron chi connectivity index (χ0n) is 20.3. The smallest absolute Gasteiger partial charge is 0.338 e. The number of methoxy groups -OCH3 is 1. The van der Waals surface area contributed by atoms with Crippen LogP contribution in [-0.4, -0.2) is 43.3 Å². The van der Waals surface area contributed by atoms with Crippen LogP contribution in [0.1, 0.15) is 24.1 Å². The number of nitrogens with one attached hydrogen (secondary N) is 1. The van der Waals surface area contributed by atoms with E-state index in [1.54, 1.807) is 7.11 Å². The van der Waals surface area contributed by atoms with Crippen molar-refractivity contribution in [1.82, 2.24) is 9.55 Å². The van der Waals surface area contributed by atoms with Crippen molar-refractivity contribution >= 4 is 34.3 Å². The van der Waals surface area contributed by atoms with Gasteiger partial charge in [-0.05, 0) is 66.6 Å². The van der Waals surface area contributed by atoms with E-state index < -0.39 is 6.04 Å². The molecule has 0 bridgehead atoms. The van der Waals surface area contributed by atoms with Crippen molar-refractivity contribution in [3.8, 4) is 5.75 Å². The van der Waals surface area contributed by atoms with Gasteiger partial charge in [-0.2, -0.15) is 0 Å². The van der Waals surface area contributed by atoms with Gasteiger partial charge in [0.15, 0.2) is 0 Å². The monoisotopic (exact) mass is 468 g/mol. The number of esters is 1. The molecule has 5 rings (SSSR count). The SMILES string of the molecule is CCOC(=O)C1=C(c2ccc(OC)cc2)Nc2nc3ccccc3n2[C@@H]1c1ccc(N(C)C)cc1. The van der Waals surface area contributed by atoms with Gasteiger partial charge in [0.05, 0.1) is 42.1 Å². The van der Waals surface area contributed by atoms with Crippen molar-refractivity contribution in [1.29, 1.82) is 0 Å². The van der Waals surface area contributed by atoms with Gasteiger partial charge in [-0.15, -0.1) is 0 Å². The van der Waals surface area contributed by atoms with E-state index in [4.69, 9.17) is 14.5 Å². The molecule has 0 radical (unpaired) electrons. The first kappa shape index (κ1) is 22.5. The number of anilines is 2. The number of rotatable bonds is 6. The number of imidazole rings is 1. The standard InChI is InChI=1S/C28H28N4O3/c1-5-35-27(33)24-25(18-12-16-21(34-4)17-13-18)30-28-29-22-8-6-7-9-23(22)32(28)26(24)19-10-14-20(15-11-19)31(2)3/h6-17,26H,5H2,1-4H3,(H,29,30)/t26-/m1/s1. The summed E-state index contributed by atoms with van der Waals surface area (Å²) >= 11 is 0. The first-order chi connectivity index (χ1) is 17.0. The Morgan fingerprint density at radius 1 is 1.03 bits per heavy atom. The van der Waals surface area contributed by atoms with Crippen molar-refractivity contribution in [3.05, 3.63) is 89.5 Å². The number of hydrogen-bond acceptors (Lipinski definition) is 6. The zero-order valence-corrected chi connectivity index (χ0v) is 20.3. The minimum absolute atomic E-state index is 0.280. The number of nitrogens with zero attached hydrogens (tertiary/aromatic N) is 3. The maximum atomic E-state index is 13.5. The Morgan fingerprint density at radius 3 is 2.40 bits per heavy atom. The van der Waals surface area contributed by atoms with Gasteiger partial charge in [-0.25, -0.2) is 9.78 Å². The van der Waals surface area contributed by atoms with E-state index >= 15 is 0 Å². The number of carbonyl (C=O) groups excluding carboxylic acids is 1. The van der Waals surface area contributed by atoms with Gasteiger partial charge in [0, 0.05) is 19.8 Å². The van der Waals surface area contributed by atoms with Gasteiger partial charge >= 0.3 is 5.97 Å². The third-order valence-electron chi connectivity index (χ3n) is 6.23. The molecular formula is C28H28N4O3. The summed E-state index contributed by atoms with van der Waals surface area (Å²) in [4.78, 5) is 20.5. The Balaban J connectivity index is 1.78. The lowest BCUT2D eigenvalue weighted by Crippen LogP contribution is -2.29.